The lowest BCUT2D eigenvalue weighted by Crippen LogP contribution is -2.46. The Balaban J connectivity index is 1.47. The summed E-state index contributed by atoms with van der Waals surface area (Å²) in [5.41, 5.74) is 2.33. The van der Waals surface area contributed by atoms with Crippen molar-refractivity contribution < 1.29 is 14.0 Å². The van der Waals surface area contributed by atoms with Gasteiger partial charge in [-0.05, 0) is 62.6 Å². The number of piperidine rings is 1. The van der Waals surface area contributed by atoms with Crippen LogP contribution in [0.2, 0.25) is 0 Å². The van der Waals surface area contributed by atoms with Crippen molar-refractivity contribution >= 4 is 17.5 Å². The largest absolute Gasteiger partial charge is 0.342 e. The molecule has 4 nitrogen and oxygen atoms in total. The molecule has 2 aliphatic heterocycles. The van der Waals surface area contributed by atoms with Crippen LogP contribution in [0.4, 0.5) is 10.1 Å². The van der Waals surface area contributed by atoms with Crippen LogP contribution in [0.15, 0.2) is 12.1 Å². The van der Waals surface area contributed by atoms with Crippen LogP contribution in [0.5, 0.6) is 0 Å². The molecule has 2 amide bonds. The third kappa shape index (κ3) is 3.16. The molecule has 0 radical (unpaired) electrons. The second-order valence-corrected chi connectivity index (χ2v) is 7.72. The van der Waals surface area contributed by atoms with Crippen LogP contribution in [0, 0.1) is 24.6 Å². The van der Waals surface area contributed by atoms with Crippen LogP contribution < -0.4 is 4.90 Å². The maximum atomic E-state index is 14.5. The maximum absolute atomic E-state index is 14.5. The first-order chi connectivity index (χ1) is 12.0. The molecule has 0 atom stereocenters. The van der Waals surface area contributed by atoms with Gasteiger partial charge in [0.15, 0.2) is 0 Å². The van der Waals surface area contributed by atoms with Crippen molar-refractivity contribution in [2.45, 2.75) is 45.4 Å². The molecule has 25 heavy (non-hydrogen) atoms. The van der Waals surface area contributed by atoms with Gasteiger partial charge in [-0.2, -0.15) is 0 Å². The van der Waals surface area contributed by atoms with Crippen LogP contribution in [0.1, 0.15) is 43.2 Å². The number of benzene rings is 1. The fourth-order valence-electron chi connectivity index (χ4n) is 4.21. The van der Waals surface area contributed by atoms with Crippen LogP contribution in [-0.4, -0.2) is 36.3 Å². The number of hydrogen-bond donors (Lipinski definition) is 0. The molecule has 5 heteroatoms. The van der Waals surface area contributed by atoms with Gasteiger partial charge in [0.1, 0.15) is 5.82 Å². The molecule has 0 N–H and O–H groups in total. The molecular weight excluding hydrogens is 319 g/mol. The first-order valence-electron chi connectivity index (χ1n) is 9.44. The molecule has 0 bridgehead atoms. The molecule has 0 spiro atoms. The van der Waals surface area contributed by atoms with E-state index in [1.807, 2.05) is 17.9 Å². The number of nitrogens with zero attached hydrogens (tertiary/aromatic N) is 2. The predicted octanol–water partition coefficient (Wildman–Crippen LogP) is 3.06. The number of carbonyl (C=O) groups is 2. The topological polar surface area (TPSA) is 40.6 Å². The number of amides is 2. The molecule has 1 saturated carbocycles. The summed E-state index contributed by atoms with van der Waals surface area (Å²) in [5.74, 6) is 0.135. The monoisotopic (exact) mass is 344 g/mol. The van der Waals surface area contributed by atoms with Crippen molar-refractivity contribution in [1.82, 2.24) is 4.90 Å². The van der Waals surface area contributed by atoms with E-state index in [2.05, 4.69) is 0 Å². The molecular formula is C20H25FN2O2. The Morgan fingerprint density at radius 2 is 1.68 bits per heavy atom. The van der Waals surface area contributed by atoms with Crippen molar-refractivity contribution in [2.24, 2.45) is 11.8 Å². The Bertz CT molecular complexity index is 706. The minimum atomic E-state index is -0.288. The summed E-state index contributed by atoms with van der Waals surface area (Å²) in [5, 5.41) is 0. The lowest BCUT2D eigenvalue weighted by atomic mass is 9.92. The SMILES string of the molecule is Cc1cc(F)c2c(c1)CCCN2C(=O)C1CCN(C(=O)C2CC2)CC1. The van der Waals surface area contributed by atoms with Gasteiger partial charge in [0.2, 0.25) is 11.8 Å². The summed E-state index contributed by atoms with van der Waals surface area (Å²) in [7, 11) is 0. The lowest BCUT2D eigenvalue weighted by molar-refractivity contribution is -0.136. The first kappa shape index (κ1) is 16.6. The van der Waals surface area contributed by atoms with Gasteiger partial charge >= 0.3 is 0 Å². The van der Waals surface area contributed by atoms with E-state index in [1.54, 1.807) is 4.90 Å². The molecule has 134 valence electrons. The molecule has 2 fully saturated rings. The number of fused-ring (bicyclic) bond motifs is 1. The quantitative estimate of drug-likeness (QED) is 0.827. The van der Waals surface area contributed by atoms with Gasteiger partial charge in [-0.3, -0.25) is 9.59 Å². The first-order valence-corrected chi connectivity index (χ1v) is 9.44. The minimum absolute atomic E-state index is 0.0298. The Morgan fingerprint density at radius 1 is 1.00 bits per heavy atom. The summed E-state index contributed by atoms with van der Waals surface area (Å²) in [6, 6.07) is 3.51. The average Bonchev–Trinajstić information content (AvgIpc) is 3.45. The van der Waals surface area contributed by atoms with Crippen LogP contribution >= 0.6 is 0 Å². The predicted molar refractivity (Wildman–Crippen MR) is 93.8 cm³/mol. The zero-order valence-electron chi connectivity index (χ0n) is 14.8. The number of carbonyl (C=O) groups excluding carboxylic acids is 2. The van der Waals surface area contributed by atoms with Crippen LogP contribution in [0.3, 0.4) is 0 Å². The Kier molecular flexibility index (Phi) is 4.26. The van der Waals surface area contributed by atoms with Crippen molar-refractivity contribution in [3.05, 3.63) is 29.1 Å². The number of aryl methyl sites for hydroxylation is 2. The van der Waals surface area contributed by atoms with E-state index in [0.29, 0.717) is 38.2 Å². The molecule has 0 aromatic heterocycles. The van der Waals surface area contributed by atoms with Gasteiger partial charge in [-0.1, -0.05) is 6.07 Å². The molecule has 1 aromatic rings. The second kappa shape index (κ2) is 6.43. The lowest BCUT2D eigenvalue weighted by Gasteiger charge is -2.36. The molecule has 2 heterocycles. The minimum Gasteiger partial charge on any atom is -0.342 e. The van der Waals surface area contributed by atoms with E-state index in [9.17, 15) is 14.0 Å². The Hall–Kier alpha value is -1.91. The maximum Gasteiger partial charge on any atom is 0.230 e. The van der Waals surface area contributed by atoms with Gasteiger partial charge < -0.3 is 9.80 Å². The van der Waals surface area contributed by atoms with Gasteiger partial charge in [0.05, 0.1) is 5.69 Å². The van der Waals surface area contributed by atoms with Gasteiger partial charge in [-0.25, -0.2) is 4.39 Å². The highest BCUT2D eigenvalue weighted by atomic mass is 19.1. The number of halogens is 1. The summed E-state index contributed by atoms with van der Waals surface area (Å²) in [6.45, 7) is 3.79. The highest BCUT2D eigenvalue weighted by molar-refractivity contribution is 5.96. The zero-order valence-corrected chi connectivity index (χ0v) is 14.8. The van der Waals surface area contributed by atoms with Gasteiger partial charge in [0, 0.05) is 31.5 Å². The highest BCUT2D eigenvalue weighted by Crippen LogP contribution is 2.35. The van der Waals surface area contributed by atoms with Gasteiger partial charge in [0.25, 0.3) is 0 Å². The van der Waals surface area contributed by atoms with E-state index in [0.717, 1.165) is 36.8 Å². The van der Waals surface area contributed by atoms with Crippen molar-refractivity contribution in [3.63, 3.8) is 0 Å². The average molecular weight is 344 g/mol. The zero-order chi connectivity index (χ0) is 17.6. The Labute approximate surface area is 148 Å². The second-order valence-electron chi connectivity index (χ2n) is 7.72. The third-order valence-electron chi connectivity index (χ3n) is 5.73. The fraction of sp³-hybridized carbons (Fsp3) is 0.600. The number of anilines is 1. The van der Waals surface area contributed by atoms with Crippen LogP contribution in [-0.2, 0) is 16.0 Å². The van der Waals surface area contributed by atoms with Crippen LogP contribution in [0.25, 0.3) is 0 Å². The van der Waals surface area contributed by atoms with Crippen molar-refractivity contribution in [2.75, 3.05) is 24.5 Å². The molecule has 0 unspecified atom stereocenters. The summed E-state index contributed by atoms with van der Waals surface area (Å²) in [4.78, 5) is 28.8. The van der Waals surface area contributed by atoms with Crippen molar-refractivity contribution in [1.29, 1.82) is 0 Å². The van der Waals surface area contributed by atoms with Crippen molar-refractivity contribution in [3.8, 4) is 0 Å². The third-order valence-corrected chi connectivity index (χ3v) is 5.73. The van der Waals surface area contributed by atoms with E-state index < -0.39 is 0 Å². The standard InChI is InChI=1S/C20H25FN2O2/c1-13-11-16-3-2-8-23(18(16)17(21)12-13)20(25)15-6-9-22(10-7-15)19(24)14-4-5-14/h11-12,14-15H,2-10H2,1H3. The number of hydrogen-bond acceptors (Lipinski definition) is 2. The van der Waals surface area contributed by atoms with E-state index in [4.69, 9.17) is 0 Å². The molecule has 1 aromatic carbocycles. The van der Waals surface area contributed by atoms with E-state index in [1.165, 1.54) is 6.07 Å². The number of likely N-dealkylation sites (tertiary alicyclic amines) is 1. The summed E-state index contributed by atoms with van der Waals surface area (Å²) in [6.07, 6.45) is 5.11. The summed E-state index contributed by atoms with van der Waals surface area (Å²) < 4.78 is 14.5. The van der Waals surface area contributed by atoms with E-state index >= 15 is 0 Å². The summed E-state index contributed by atoms with van der Waals surface area (Å²) >= 11 is 0. The molecule has 3 aliphatic rings. The normalized spacial score (nSPS) is 21.2. The molecule has 1 aliphatic carbocycles. The smallest absolute Gasteiger partial charge is 0.230 e. The number of rotatable bonds is 2. The highest BCUT2D eigenvalue weighted by Gasteiger charge is 2.37. The molecule has 4 rings (SSSR count). The van der Waals surface area contributed by atoms with Gasteiger partial charge in [-0.15, -0.1) is 0 Å². The Morgan fingerprint density at radius 3 is 2.36 bits per heavy atom. The molecule has 1 saturated heterocycles. The fourth-order valence-corrected chi connectivity index (χ4v) is 4.21. The van der Waals surface area contributed by atoms with E-state index in [-0.39, 0.29) is 29.5 Å².